The molecular weight excluding hydrogens is 120 g/mol. The second-order valence-corrected chi connectivity index (χ2v) is 3.51. The van der Waals surface area contributed by atoms with Crippen molar-refractivity contribution < 1.29 is 0 Å². The van der Waals surface area contributed by atoms with Gasteiger partial charge in [-0.3, -0.25) is 0 Å². The number of rotatable bonds is 5. The SMILES string of the molecule is CCCCC(C)[C@H](C)CC. The molecule has 0 amide bonds. The molecule has 0 spiro atoms. The lowest BCUT2D eigenvalue weighted by molar-refractivity contribution is 0.346. The van der Waals surface area contributed by atoms with Crippen LogP contribution in [0.1, 0.15) is 53.4 Å². The van der Waals surface area contributed by atoms with Crippen molar-refractivity contribution >= 4 is 0 Å². The maximum Gasteiger partial charge on any atom is -0.0417 e. The predicted octanol–water partition coefficient (Wildman–Crippen LogP) is 3.86. The van der Waals surface area contributed by atoms with Crippen LogP contribution in [0.2, 0.25) is 0 Å². The molecule has 10 heavy (non-hydrogen) atoms. The fourth-order valence-electron chi connectivity index (χ4n) is 1.21. The highest BCUT2D eigenvalue weighted by atomic mass is 14.1. The fourth-order valence-corrected chi connectivity index (χ4v) is 1.21. The molecule has 0 heteroatoms. The highest BCUT2D eigenvalue weighted by Crippen LogP contribution is 2.19. The maximum absolute atomic E-state index is 2.38. The van der Waals surface area contributed by atoms with Gasteiger partial charge in [0, 0.05) is 0 Å². The summed E-state index contributed by atoms with van der Waals surface area (Å²) >= 11 is 0. The third-order valence-corrected chi connectivity index (χ3v) is 2.63. The van der Waals surface area contributed by atoms with Crippen molar-refractivity contribution in [2.45, 2.75) is 53.4 Å². The molecule has 0 rings (SSSR count). The molecule has 62 valence electrons. The highest BCUT2D eigenvalue weighted by molar-refractivity contribution is 4.59. The van der Waals surface area contributed by atoms with Crippen molar-refractivity contribution in [3.05, 3.63) is 0 Å². The smallest absolute Gasteiger partial charge is 0.0417 e. The molecule has 0 aliphatic rings. The van der Waals surface area contributed by atoms with Crippen molar-refractivity contribution in [3.8, 4) is 0 Å². The van der Waals surface area contributed by atoms with E-state index >= 15 is 0 Å². The molecule has 0 nitrogen and oxygen atoms in total. The van der Waals surface area contributed by atoms with Crippen LogP contribution in [0.4, 0.5) is 0 Å². The van der Waals surface area contributed by atoms with Gasteiger partial charge in [-0.05, 0) is 11.8 Å². The molecule has 0 aromatic heterocycles. The Hall–Kier alpha value is 0. The third kappa shape index (κ3) is 3.92. The van der Waals surface area contributed by atoms with Gasteiger partial charge in [0.25, 0.3) is 0 Å². The lowest BCUT2D eigenvalue weighted by atomic mass is 9.89. The Labute approximate surface area is 66.0 Å². The van der Waals surface area contributed by atoms with Crippen molar-refractivity contribution in [2.24, 2.45) is 11.8 Å². The van der Waals surface area contributed by atoms with Crippen LogP contribution in [0, 0.1) is 11.8 Å². The van der Waals surface area contributed by atoms with E-state index in [1.54, 1.807) is 0 Å². The van der Waals surface area contributed by atoms with Gasteiger partial charge in [-0.1, -0.05) is 53.4 Å². The predicted molar refractivity (Wildman–Crippen MR) is 48.1 cm³/mol. The standard InChI is InChI=1S/C10H22/c1-5-7-8-10(4)9(3)6-2/h9-10H,5-8H2,1-4H3/t9-,10?/m1/s1. The molecule has 0 N–H and O–H groups in total. The van der Waals surface area contributed by atoms with E-state index in [0.717, 1.165) is 11.8 Å². The fraction of sp³-hybridized carbons (Fsp3) is 1.00. The molecule has 0 fully saturated rings. The van der Waals surface area contributed by atoms with Crippen molar-refractivity contribution in [1.29, 1.82) is 0 Å². The van der Waals surface area contributed by atoms with E-state index in [1.165, 1.54) is 25.7 Å². The first-order valence-electron chi connectivity index (χ1n) is 4.72. The van der Waals surface area contributed by atoms with Gasteiger partial charge in [-0.25, -0.2) is 0 Å². The van der Waals surface area contributed by atoms with Crippen LogP contribution in [0.15, 0.2) is 0 Å². The van der Waals surface area contributed by atoms with E-state index in [0.29, 0.717) is 0 Å². The minimum absolute atomic E-state index is 0.923. The van der Waals surface area contributed by atoms with E-state index in [9.17, 15) is 0 Å². The zero-order valence-corrected chi connectivity index (χ0v) is 7.98. The second kappa shape index (κ2) is 5.76. The molecule has 0 aliphatic heterocycles. The summed E-state index contributed by atoms with van der Waals surface area (Å²) in [6, 6.07) is 0. The van der Waals surface area contributed by atoms with Gasteiger partial charge in [0.15, 0.2) is 0 Å². The Morgan fingerprint density at radius 1 is 1.00 bits per heavy atom. The van der Waals surface area contributed by atoms with E-state index < -0.39 is 0 Å². The summed E-state index contributed by atoms with van der Waals surface area (Å²) in [5.74, 6) is 1.86. The maximum atomic E-state index is 2.38. The Kier molecular flexibility index (Phi) is 5.76. The molecular formula is C10H22. The summed E-state index contributed by atoms with van der Waals surface area (Å²) in [7, 11) is 0. The van der Waals surface area contributed by atoms with Crippen LogP contribution in [0.25, 0.3) is 0 Å². The van der Waals surface area contributed by atoms with Crippen molar-refractivity contribution in [2.75, 3.05) is 0 Å². The van der Waals surface area contributed by atoms with Gasteiger partial charge in [0.05, 0.1) is 0 Å². The van der Waals surface area contributed by atoms with Crippen LogP contribution in [-0.4, -0.2) is 0 Å². The van der Waals surface area contributed by atoms with Gasteiger partial charge in [-0.2, -0.15) is 0 Å². The van der Waals surface area contributed by atoms with Crippen LogP contribution < -0.4 is 0 Å². The summed E-state index contributed by atoms with van der Waals surface area (Å²) in [6.07, 6.45) is 5.52. The average molecular weight is 142 g/mol. The Bertz CT molecular complexity index is 66.4. The highest BCUT2D eigenvalue weighted by Gasteiger charge is 2.08. The van der Waals surface area contributed by atoms with Crippen LogP contribution in [0.5, 0.6) is 0 Å². The molecule has 0 aromatic carbocycles. The average Bonchev–Trinajstić information content (AvgIpc) is 1.98. The van der Waals surface area contributed by atoms with Gasteiger partial charge in [0.2, 0.25) is 0 Å². The van der Waals surface area contributed by atoms with Crippen molar-refractivity contribution in [1.82, 2.24) is 0 Å². The van der Waals surface area contributed by atoms with E-state index in [4.69, 9.17) is 0 Å². The van der Waals surface area contributed by atoms with Crippen LogP contribution >= 0.6 is 0 Å². The Balaban J connectivity index is 3.31. The van der Waals surface area contributed by atoms with Gasteiger partial charge < -0.3 is 0 Å². The monoisotopic (exact) mass is 142 g/mol. The van der Waals surface area contributed by atoms with E-state index in [2.05, 4.69) is 27.7 Å². The molecule has 0 saturated heterocycles. The lowest BCUT2D eigenvalue weighted by Gasteiger charge is -2.17. The molecule has 0 aromatic rings. The summed E-state index contributed by atoms with van der Waals surface area (Å²) in [5.41, 5.74) is 0. The molecule has 0 radical (unpaired) electrons. The number of hydrogen-bond donors (Lipinski definition) is 0. The normalized spacial score (nSPS) is 16.8. The minimum Gasteiger partial charge on any atom is -0.0654 e. The Morgan fingerprint density at radius 3 is 2.00 bits per heavy atom. The zero-order valence-electron chi connectivity index (χ0n) is 7.98. The minimum atomic E-state index is 0.923. The quantitative estimate of drug-likeness (QED) is 0.547. The summed E-state index contributed by atoms with van der Waals surface area (Å²) < 4.78 is 0. The Morgan fingerprint density at radius 2 is 1.60 bits per heavy atom. The first-order chi connectivity index (χ1) is 4.72. The number of unbranched alkanes of at least 4 members (excludes halogenated alkanes) is 1. The molecule has 0 saturated carbocycles. The van der Waals surface area contributed by atoms with E-state index in [1.807, 2.05) is 0 Å². The van der Waals surface area contributed by atoms with Gasteiger partial charge >= 0.3 is 0 Å². The summed E-state index contributed by atoms with van der Waals surface area (Å²) in [5, 5.41) is 0. The number of hydrogen-bond acceptors (Lipinski definition) is 0. The van der Waals surface area contributed by atoms with E-state index in [-0.39, 0.29) is 0 Å². The first-order valence-corrected chi connectivity index (χ1v) is 4.72. The zero-order chi connectivity index (χ0) is 7.98. The first kappa shape index (κ1) is 10.0. The van der Waals surface area contributed by atoms with Crippen LogP contribution in [-0.2, 0) is 0 Å². The molecule has 0 aliphatic carbocycles. The van der Waals surface area contributed by atoms with Gasteiger partial charge in [-0.15, -0.1) is 0 Å². The molecule has 1 unspecified atom stereocenters. The molecule has 2 atom stereocenters. The summed E-state index contributed by atoms with van der Waals surface area (Å²) in [6.45, 7) is 9.29. The second-order valence-electron chi connectivity index (χ2n) is 3.51. The van der Waals surface area contributed by atoms with Crippen molar-refractivity contribution in [3.63, 3.8) is 0 Å². The molecule has 0 heterocycles. The lowest BCUT2D eigenvalue weighted by Crippen LogP contribution is -2.06. The summed E-state index contributed by atoms with van der Waals surface area (Å²) in [4.78, 5) is 0. The topological polar surface area (TPSA) is 0 Å². The largest absolute Gasteiger partial charge is 0.0654 e. The third-order valence-electron chi connectivity index (χ3n) is 2.63. The van der Waals surface area contributed by atoms with Crippen LogP contribution in [0.3, 0.4) is 0 Å². The molecule has 0 bridgehead atoms. The van der Waals surface area contributed by atoms with Gasteiger partial charge in [0.1, 0.15) is 0 Å².